The minimum Gasteiger partial charge on any atom is -0.398 e. The Bertz CT molecular complexity index is 432. The Morgan fingerprint density at radius 2 is 2.00 bits per heavy atom. The molecule has 0 heterocycles. The van der Waals surface area contributed by atoms with Crippen molar-refractivity contribution in [2.45, 2.75) is 32.4 Å². The van der Waals surface area contributed by atoms with Gasteiger partial charge in [0.05, 0.1) is 15.1 Å². The average molecular weight is 331 g/mol. The lowest BCUT2D eigenvalue weighted by Gasteiger charge is -2.20. The van der Waals surface area contributed by atoms with E-state index >= 15 is 0 Å². The number of nitrogens with two attached hydrogens (primary N) is 1. The molecule has 0 aromatic heterocycles. The first-order valence-corrected chi connectivity index (χ1v) is 6.21. The van der Waals surface area contributed by atoms with Crippen molar-refractivity contribution in [3.05, 3.63) is 26.7 Å². The summed E-state index contributed by atoms with van der Waals surface area (Å²) in [5.41, 5.74) is 5.20. The molecule has 0 aliphatic rings. The molecule has 1 aromatic rings. The minimum atomic E-state index is -4.48. The molecule has 1 rings (SSSR count). The summed E-state index contributed by atoms with van der Waals surface area (Å²) in [5.74, 6) is -0.250. The van der Waals surface area contributed by atoms with Crippen LogP contribution in [-0.2, 0) is 6.18 Å². The van der Waals surface area contributed by atoms with E-state index < -0.39 is 11.7 Å². The Hall–Kier alpha value is -0.420. The standard InChI is InChI=1S/C11H12BrClF3N/c1-3-5(2)6-4-7(17)9(12)10(13)8(6)11(14,15)16/h4-5H,3,17H2,1-2H3. The summed E-state index contributed by atoms with van der Waals surface area (Å²) in [6, 6.07) is 1.34. The quantitative estimate of drug-likeness (QED) is 0.739. The summed E-state index contributed by atoms with van der Waals surface area (Å²) in [6.45, 7) is 3.53. The number of rotatable bonds is 2. The zero-order chi connectivity index (χ0) is 13.4. The molecule has 1 atom stereocenters. The second kappa shape index (κ2) is 5.06. The Morgan fingerprint density at radius 3 is 2.41 bits per heavy atom. The second-order valence-corrected chi connectivity index (χ2v) is 5.04. The van der Waals surface area contributed by atoms with E-state index in [-0.39, 0.29) is 26.7 Å². The van der Waals surface area contributed by atoms with E-state index in [1.807, 2.05) is 6.92 Å². The molecule has 6 heteroatoms. The molecule has 0 bridgehead atoms. The van der Waals surface area contributed by atoms with Gasteiger partial charge in [0.25, 0.3) is 0 Å². The first-order chi connectivity index (χ1) is 7.70. The molecule has 0 amide bonds. The van der Waals surface area contributed by atoms with Crippen molar-refractivity contribution >= 4 is 33.2 Å². The highest BCUT2D eigenvalue weighted by Gasteiger charge is 2.38. The van der Waals surface area contributed by atoms with Crippen LogP contribution in [0.4, 0.5) is 18.9 Å². The fraction of sp³-hybridized carbons (Fsp3) is 0.455. The lowest BCUT2D eigenvalue weighted by molar-refractivity contribution is -0.138. The summed E-state index contributed by atoms with van der Waals surface area (Å²) >= 11 is 8.71. The zero-order valence-electron chi connectivity index (χ0n) is 9.33. The molecule has 2 N–H and O–H groups in total. The van der Waals surface area contributed by atoms with Gasteiger partial charge < -0.3 is 5.73 Å². The third-order valence-electron chi connectivity index (χ3n) is 2.69. The van der Waals surface area contributed by atoms with Gasteiger partial charge in [0, 0.05) is 5.69 Å². The normalized spacial score (nSPS) is 13.8. The number of alkyl halides is 3. The van der Waals surface area contributed by atoms with Gasteiger partial charge in [0.2, 0.25) is 0 Å². The third-order valence-corrected chi connectivity index (χ3v) is 4.15. The molecule has 0 saturated heterocycles. The predicted octanol–water partition coefficient (Wildman–Crippen LogP) is 5.22. The molecule has 0 saturated carbocycles. The Labute approximate surface area is 111 Å². The maximum atomic E-state index is 13.0. The van der Waals surface area contributed by atoms with Gasteiger partial charge in [-0.3, -0.25) is 0 Å². The predicted molar refractivity (Wildman–Crippen MR) is 67.3 cm³/mol. The van der Waals surface area contributed by atoms with Crippen LogP contribution in [0.25, 0.3) is 0 Å². The Morgan fingerprint density at radius 1 is 1.47 bits per heavy atom. The van der Waals surface area contributed by atoms with Gasteiger partial charge in [-0.25, -0.2) is 0 Å². The van der Waals surface area contributed by atoms with Crippen molar-refractivity contribution in [1.29, 1.82) is 0 Å². The molecule has 0 aliphatic carbocycles. The van der Waals surface area contributed by atoms with Gasteiger partial charge >= 0.3 is 6.18 Å². The van der Waals surface area contributed by atoms with Crippen molar-refractivity contribution in [1.82, 2.24) is 0 Å². The van der Waals surface area contributed by atoms with E-state index in [2.05, 4.69) is 15.9 Å². The van der Waals surface area contributed by atoms with Crippen molar-refractivity contribution in [2.24, 2.45) is 0 Å². The lowest BCUT2D eigenvalue weighted by atomic mass is 9.93. The molecule has 1 nitrogen and oxygen atoms in total. The highest BCUT2D eigenvalue weighted by Crippen LogP contribution is 2.45. The van der Waals surface area contributed by atoms with Gasteiger partial charge in [-0.1, -0.05) is 25.4 Å². The SMILES string of the molecule is CCC(C)c1cc(N)c(Br)c(Cl)c1C(F)(F)F. The van der Waals surface area contributed by atoms with Crippen LogP contribution >= 0.6 is 27.5 Å². The van der Waals surface area contributed by atoms with Crippen molar-refractivity contribution in [3.8, 4) is 0 Å². The van der Waals surface area contributed by atoms with Crippen LogP contribution in [-0.4, -0.2) is 0 Å². The fourth-order valence-corrected chi connectivity index (χ4v) is 2.20. The first kappa shape index (κ1) is 14.6. The molecule has 0 aliphatic heterocycles. The smallest absolute Gasteiger partial charge is 0.398 e. The topological polar surface area (TPSA) is 26.0 Å². The Balaban J connectivity index is 3.58. The molecule has 1 unspecified atom stereocenters. The van der Waals surface area contributed by atoms with Crippen LogP contribution in [0.1, 0.15) is 37.3 Å². The summed E-state index contributed by atoms with van der Waals surface area (Å²) in [6.07, 6.45) is -3.90. The van der Waals surface area contributed by atoms with Crippen LogP contribution in [0, 0.1) is 0 Å². The van der Waals surface area contributed by atoms with E-state index in [0.717, 1.165) is 0 Å². The Kier molecular flexibility index (Phi) is 4.36. The molecular weight excluding hydrogens is 318 g/mol. The largest absolute Gasteiger partial charge is 0.418 e. The molecule has 0 fully saturated rings. The van der Waals surface area contributed by atoms with Crippen LogP contribution < -0.4 is 5.73 Å². The summed E-state index contributed by atoms with van der Waals surface area (Å²) < 4.78 is 39.0. The number of hydrogen-bond donors (Lipinski definition) is 1. The van der Waals surface area contributed by atoms with Gasteiger partial charge in [-0.15, -0.1) is 0 Å². The number of nitrogen functional groups attached to an aromatic ring is 1. The van der Waals surface area contributed by atoms with Crippen molar-refractivity contribution in [3.63, 3.8) is 0 Å². The molecule has 0 spiro atoms. The molecule has 1 aromatic carbocycles. The van der Waals surface area contributed by atoms with E-state index in [1.54, 1.807) is 6.92 Å². The van der Waals surface area contributed by atoms with Gasteiger partial charge in [-0.05, 0) is 39.9 Å². The van der Waals surface area contributed by atoms with Crippen LogP contribution in [0.3, 0.4) is 0 Å². The third kappa shape index (κ3) is 2.88. The monoisotopic (exact) mass is 329 g/mol. The van der Waals surface area contributed by atoms with Crippen molar-refractivity contribution in [2.75, 3.05) is 5.73 Å². The number of hydrogen-bond acceptors (Lipinski definition) is 1. The maximum absolute atomic E-state index is 13.0. The summed E-state index contributed by atoms with van der Waals surface area (Å²) in [4.78, 5) is 0. The van der Waals surface area contributed by atoms with Crippen LogP contribution in [0.15, 0.2) is 10.5 Å². The lowest BCUT2D eigenvalue weighted by Crippen LogP contribution is -2.13. The summed E-state index contributed by atoms with van der Waals surface area (Å²) in [7, 11) is 0. The first-order valence-electron chi connectivity index (χ1n) is 5.04. The van der Waals surface area contributed by atoms with Gasteiger partial charge in [-0.2, -0.15) is 13.2 Å². The van der Waals surface area contributed by atoms with E-state index in [0.29, 0.717) is 6.42 Å². The minimum absolute atomic E-state index is 0.0959. The second-order valence-electron chi connectivity index (χ2n) is 3.87. The molecule has 17 heavy (non-hydrogen) atoms. The maximum Gasteiger partial charge on any atom is 0.418 e. The number of halogens is 5. The van der Waals surface area contributed by atoms with E-state index in [9.17, 15) is 13.2 Å². The fourth-order valence-electron chi connectivity index (χ4n) is 1.56. The number of benzene rings is 1. The highest BCUT2D eigenvalue weighted by molar-refractivity contribution is 9.10. The van der Waals surface area contributed by atoms with Crippen LogP contribution in [0.5, 0.6) is 0 Å². The zero-order valence-corrected chi connectivity index (χ0v) is 11.7. The van der Waals surface area contributed by atoms with E-state index in [4.69, 9.17) is 17.3 Å². The average Bonchev–Trinajstić information content (AvgIpc) is 2.22. The van der Waals surface area contributed by atoms with Gasteiger partial charge in [0.1, 0.15) is 0 Å². The number of anilines is 1. The van der Waals surface area contributed by atoms with Crippen molar-refractivity contribution < 1.29 is 13.2 Å². The molecule has 96 valence electrons. The molecule has 0 radical (unpaired) electrons. The van der Waals surface area contributed by atoms with Gasteiger partial charge in [0.15, 0.2) is 0 Å². The summed E-state index contributed by atoms with van der Waals surface area (Å²) in [5, 5.41) is -0.368. The van der Waals surface area contributed by atoms with E-state index in [1.165, 1.54) is 6.07 Å². The van der Waals surface area contributed by atoms with Crippen LogP contribution in [0.2, 0.25) is 5.02 Å². The highest BCUT2D eigenvalue weighted by atomic mass is 79.9. The molecular formula is C11H12BrClF3N.